The quantitative estimate of drug-likeness (QED) is 0.414. The number of nitrogens with zero attached hydrogens (tertiary/aromatic N) is 1. The summed E-state index contributed by atoms with van der Waals surface area (Å²) in [4.78, 5) is 10.8. The van der Waals surface area contributed by atoms with Crippen molar-refractivity contribution in [3.63, 3.8) is 0 Å². The fourth-order valence-corrected chi connectivity index (χ4v) is 0.490. The van der Waals surface area contributed by atoms with E-state index in [4.69, 9.17) is 5.26 Å². The van der Waals surface area contributed by atoms with Crippen LogP contribution in [0.5, 0.6) is 0 Å². The van der Waals surface area contributed by atoms with Crippen LogP contribution < -0.4 is 10.6 Å². The van der Waals surface area contributed by atoms with E-state index in [0.717, 1.165) is 0 Å². The van der Waals surface area contributed by atoms with Gasteiger partial charge in [-0.15, -0.1) is 0 Å². The fraction of sp³-hybridized carbons (Fsp3) is 0.667. The molecule has 0 rings (SSSR count). The van der Waals surface area contributed by atoms with Crippen molar-refractivity contribution in [3.8, 4) is 6.19 Å². The molecule has 0 heterocycles. The maximum absolute atomic E-state index is 10.8. The highest BCUT2D eigenvalue weighted by Crippen LogP contribution is 1.78. The van der Waals surface area contributed by atoms with Crippen LogP contribution in [0.1, 0.15) is 13.8 Å². The number of carbonyl (C=O) groups excluding carboxylic acids is 1. The van der Waals surface area contributed by atoms with Crippen molar-refractivity contribution in [1.82, 2.24) is 10.6 Å². The Morgan fingerprint density at radius 1 is 1.80 bits per heavy atom. The molecule has 0 spiro atoms. The van der Waals surface area contributed by atoms with Crippen molar-refractivity contribution < 1.29 is 4.79 Å². The van der Waals surface area contributed by atoms with E-state index in [0.29, 0.717) is 6.54 Å². The van der Waals surface area contributed by atoms with Gasteiger partial charge in [-0.25, -0.2) is 0 Å². The zero-order valence-electron chi connectivity index (χ0n) is 6.14. The highest BCUT2D eigenvalue weighted by atomic mass is 16.2. The summed E-state index contributed by atoms with van der Waals surface area (Å²) in [5.74, 6) is -0.149. The summed E-state index contributed by atoms with van der Waals surface area (Å²) >= 11 is 0. The number of hydrogen-bond acceptors (Lipinski definition) is 3. The molecule has 4 nitrogen and oxygen atoms in total. The molecule has 2 N–H and O–H groups in total. The smallest absolute Gasteiger partial charge is 0.242 e. The molecule has 10 heavy (non-hydrogen) atoms. The van der Waals surface area contributed by atoms with Crippen LogP contribution in [0, 0.1) is 11.5 Å². The number of nitriles is 1. The third-order valence-corrected chi connectivity index (χ3v) is 1.03. The van der Waals surface area contributed by atoms with Gasteiger partial charge >= 0.3 is 0 Å². The van der Waals surface area contributed by atoms with Gasteiger partial charge < -0.3 is 10.6 Å². The number of carbonyl (C=O) groups is 1. The summed E-state index contributed by atoms with van der Waals surface area (Å²) in [5, 5.41) is 13.0. The van der Waals surface area contributed by atoms with E-state index in [-0.39, 0.29) is 5.91 Å². The lowest BCUT2D eigenvalue weighted by Crippen LogP contribution is -2.39. The molecule has 0 aliphatic heterocycles. The third-order valence-electron chi connectivity index (χ3n) is 1.03. The van der Waals surface area contributed by atoms with E-state index in [9.17, 15) is 4.79 Å². The summed E-state index contributed by atoms with van der Waals surface area (Å²) in [7, 11) is 0. The molecule has 0 saturated carbocycles. The molecular formula is C6H11N3O. The fourth-order valence-electron chi connectivity index (χ4n) is 0.490. The van der Waals surface area contributed by atoms with Crippen LogP contribution >= 0.6 is 0 Å². The monoisotopic (exact) mass is 141 g/mol. The summed E-state index contributed by atoms with van der Waals surface area (Å²) in [5.41, 5.74) is 0. The first-order valence-corrected chi connectivity index (χ1v) is 3.14. The molecule has 0 aromatic rings. The molecule has 0 aromatic carbocycles. The van der Waals surface area contributed by atoms with Crippen LogP contribution in [-0.4, -0.2) is 18.5 Å². The van der Waals surface area contributed by atoms with Gasteiger partial charge in [-0.05, 0) is 13.8 Å². The van der Waals surface area contributed by atoms with E-state index in [1.165, 1.54) is 0 Å². The molecule has 1 amide bonds. The number of rotatable bonds is 3. The van der Waals surface area contributed by atoms with Crippen LogP contribution in [0.15, 0.2) is 0 Å². The van der Waals surface area contributed by atoms with Crippen molar-refractivity contribution in [2.24, 2.45) is 0 Å². The molecule has 0 aromatic heterocycles. The summed E-state index contributed by atoms with van der Waals surface area (Å²) in [6.45, 7) is 4.06. The largest absolute Gasteiger partial charge is 0.355 e. The molecule has 0 aliphatic carbocycles. The first-order valence-electron chi connectivity index (χ1n) is 3.14. The van der Waals surface area contributed by atoms with Crippen LogP contribution in [-0.2, 0) is 4.79 Å². The van der Waals surface area contributed by atoms with Crippen molar-refractivity contribution in [2.75, 3.05) is 6.54 Å². The Bertz CT molecular complexity index is 150. The summed E-state index contributed by atoms with van der Waals surface area (Å²) in [6, 6.07) is -0.426. The van der Waals surface area contributed by atoms with Gasteiger partial charge in [0, 0.05) is 6.54 Å². The van der Waals surface area contributed by atoms with Gasteiger partial charge in [0.05, 0.1) is 0 Å². The van der Waals surface area contributed by atoms with E-state index in [1.807, 2.05) is 6.92 Å². The van der Waals surface area contributed by atoms with Gasteiger partial charge in [0.1, 0.15) is 6.04 Å². The van der Waals surface area contributed by atoms with E-state index in [2.05, 4.69) is 10.6 Å². The molecule has 0 fully saturated rings. The lowest BCUT2D eigenvalue weighted by atomic mass is 10.3. The minimum Gasteiger partial charge on any atom is -0.355 e. The van der Waals surface area contributed by atoms with Gasteiger partial charge in [-0.1, -0.05) is 0 Å². The molecule has 0 saturated heterocycles. The van der Waals surface area contributed by atoms with Gasteiger partial charge in [0.15, 0.2) is 6.19 Å². The molecule has 0 aliphatic rings. The summed E-state index contributed by atoms with van der Waals surface area (Å²) in [6.07, 6.45) is 1.70. The van der Waals surface area contributed by atoms with Crippen LogP contribution in [0.4, 0.5) is 0 Å². The Morgan fingerprint density at radius 3 is 2.80 bits per heavy atom. The maximum atomic E-state index is 10.8. The van der Waals surface area contributed by atoms with Gasteiger partial charge in [-0.2, -0.15) is 5.26 Å². The average molecular weight is 141 g/mol. The first-order chi connectivity index (χ1) is 4.72. The molecule has 4 heteroatoms. The Morgan fingerprint density at radius 2 is 2.40 bits per heavy atom. The second-order valence-electron chi connectivity index (χ2n) is 1.87. The molecular weight excluding hydrogens is 130 g/mol. The zero-order chi connectivity index (χ0) is 7.98. The van der Waals surface area contributed by atoms with Gasteiger partial charge in [0.25, 0.3) is 0 Å². The number of hydrogen-bond donors (Lipinski definition) is 2. The van der Waals surface area contributed by atoms with E-state index >= 15 is 0 Å². The predicted octanol–water partition coefficient (Wildman–Crippen LogP) is -0.418. The minimum atomic E-state index is -0.426. The Kier molecular flexibility index (Phi) is 4.05. The van der Waals surface area contributed by atoms with Crippen LogP contribution in [0.3, 0.4) is 0 Å². The SMILES string of the molecule is CCNC(=O)C(C)NC#N. The minimum absolute atomic E-state index is 0.149. The van der Waals surface area contributed by atoms with Crippen molar-refractivity contribution in [2.45, 2.75) is 19.9 Å². The molecule has 56 valence electrons. The second-order valence-corrected chi connectivity index (χ2v) is 1.87. The topological polar surface area (TPSA) is 64.9 Å². The van der Waals surface area contributed by atoms with Gasteiger partial charge in [0.2, 0.25) is 5.91 Å². The second kappa shape index (κ2) is 4.62. The first kappa shape index (κ1) is 8.76. The Hall–Kier alpha value is -1.24. The highest BCUT2D eigenvalue weighted by molar-refractivity contribution is 5.81. The maximum Gasteiger partial charge on any atom is 0.242 e. The number of nitrogens with one attached hydrogen (secondary N) is 2. The summed E-state index contributed by atoms with van der Waals surface area (Å²) < 4.78 is 0. The number of likely N-dealkylation sites (N-methyl/N-ethyl adjacent to an activating group) is 1. The predicted molar refractivity (Wildman–Crippen MR) is 36.9 cm³/mol. The highest BCUT2D eigenvalue weighted by Gasteiger charge is 2.08. The van der Waals surface area contributed by atoms with Gasteiger partial charge in [-0.3, -0.25) is 4.79 Å². The van der Waals surface area contributed by atoms with E-state index < -0.39 is 6.04 Å². The molecule has 0 bridgehead atoms. The normalized spacial score (nSPS) is 11.3. The van der Waals surface area contributed by atoms with Crippen molar-refractivity contribution in [3.05, 3.63) is 0 Å². The molecule has 1 atom stereocenters. The van der Waals surface area contributed by atoms with Crippen LogP contribution in [0.2, 0.25) is 0 Å². The lowest BCUT2D eigenvalue weighted by molar-refractivity contribution is -0.122. The standard InChI is InChI=1S/C6H11N3O/c1-3-8-6(10)5(2)9-4-7/h5,9H,3H2,1-2H3,(H,8,10). The van der Waals surface area contributed by atoms with Crippen LogP contribution in [0.25, 0.3) is 0 Å². The average Bonchev–Trinajstić information content (AvgIpc) is 1.89. The molecule has 1 unspecified atom stereocenters. The Balaban J connectivity index is 3.62. The van der Waals surface area contributed by atoms with E-state index in [1.54, 1.807) is 13.1 Å². The molecule has 0 radical (unpaired) electrons. The number of amides is 1. The Labute approximate surface area is 60.2 Å². The van der Waals surface area contributed by atoms with Crippen molar-refractivity contribution in [1.29, 1.82) is 5.26 Å². The third kappa shape index (κ3) is 2.92. The zero-order valence-corrected chi connectivity index (χ0v) is 6.14. The van der Waals surface area contributed by atoms with Crippen molar-refractivity contribution >= 4 is 5.91 Å². The lowest BCUT2D eigenvalue weighted by Gasteiger charge is -2.07.